The number of amides is 1. The largest absolute Gasteiger partial charge is 0.390 e. The third kappa shape index (κ3) is 2.72. The van der Waals surface area contributed by atoms with Crippen LogP contribution in [0.15, 0.2) is 6.07 Å². The van der Waals surface area contributed by atoms with Crippen LogP contribution in [0.5, 0.6) is 0 Å². The second-order valence-electron chi connectivity index (χ2n) is 5.44. The monoisotopic (exact) mass is 251 g/mol. The summed E-state index contributed by atoms with van der Waals surface area (Å²) >= 11 is 0. The minimum absolute atomic E-state index is 0.0311. The highest BCUT2D eigenvalue weighted by molar-refractivity contribution is 5.92. The number of aryl methyl sites for hydroxylation is 2. The molecule has 2 rings (SSSR count). The molecule has 1 amide bonds. The van der Waals surface area contributed by atoms with Crippen LogP contribution >= 0.6 is 0 Å². The van der Waals surface area contributed by atoms with Crippen molar-refractivity contribution < 1.29 is 9.90 Å². The number of rotatable bonds is 1. The van der Waals surface area contributed by atoms with Crippen molar-refractivity contribution in [2.75, 3.05) is 13.1 Å². The Bertz CT molecular complexity index is 432. The van der Waals surface area contributed by atoms with Gasteiger partial charge in [-0.1, -0.05) is 0 Å². The summed E-state index contributed by atoms with van der Waals surface area (Å²) in [5, 5.41) is 14.2. The molecule has 1 aliphatic heterocycles. The van der Waals surface area contributed by atoms with Crippen LogP contribution in [-0.4, -0.2) is 44.4 Å². The lowest BCUT2D eigenvalue weighted by Crippen LogP contribution is -2.33. The Morgan fingerprint density at radius 2 is 2.17 bits per heavy atom. The molecule has 2 heterocycles. The molecule has 1 saturated heterocycles. The highest BCUT2D eigenvalue weighted by Crippen LogP contribution is 2.22. The molecule has 5 nitrogen and oxygen atoms in total. The van der Waals surface area contributed by atoms with E-state index in [1.54, 1.807) is 9.58 Å². The molecule has 1 aliphatic rings. The zero-order valence-corrected chi connectivity index (χ0v) is 11.3. The summed E-state index contributed by atoms with van der Waals surface area (Å²) in [4.78, 5) is 14.1. The van der Waals surface area contributed by atoms with E-state index >= 15 is 0 Å². The van der Waals surface area contributed by atoms with Crippen LogP contribution in [0.1, 0.15) is 42.4 Å². The first-order valence-electron chi connectivity index (χ1n) is 6.41. The van der Waals surface area contributed by atoms with Gasteiger partial charge in [0, 0.05) is 25.8 Å². The molecule has 1 fully saturated rings. The molecule has 0 aromatic carbocycles. The molecular weight excluding hydrogens is 230 g/mol. The normalized spacial score (nSPS) is 25.0. The number of hydrogen-bond donors (Lipinski definition) is 1. The summed E-state index contributed by atoms with van der Waals surface area (Å²) < 4.78 is 1.71. The van der Waals surface area contributed by atoms with E-state index in [0.29, 0.717) is 25.2 Å². The van der Waals surface area contributed by atoms with Crippen molar-refractivity contribution in [1.29, 1.82) is 0 Å². The molecule has 0 spiro atoms. The van der Waals surface area contributed by atoms with Crippen LogP contribution in [0.4, 0.5) is 0 Å². The third-order valence-electron chi connectivity index (χ3n) is 3.68. The first kappa shape index (κ1) is 13.1. The number of aliphatic hydroxyl groups is 1. The minimum Gasteiger partial charge on any atom is -0.390 e. The van der Waals surface area contributed by atoms with E-state index in [4.69, 9.17) is 0 Å². The Labute approximate surface area is 107 Å². The zero-order valence-electron chi connectivity index (χ0n) is 11.3. The van der Waals surface area contributed by atoms with Gasteiger partial charge in [-0.3, -0.25) is 9.48 Å². The molecule has 0 radical (unpaired) electrons. The molecule has 1 atom stereocenters. The topological polar surface area (TPSA) is 58.4 Å². The highest BCUT2D eigenvalue weighted by Gasteiger charge is 2.28. The van der Waals surface area contributed by atoms with E-state index in [1.165, 1.54) is 0 Å². The van der Waals surface area contributed by atoms with Gasteiger partial charge < -0.3 is 10.0 Å². The van der Waals surface area contributed by atoms with E-state index in [-0.39, 0.29) is 5.91 Å². The van der Waals surface area contributed by atoms with Crippen LogP contribution in [0.25, 0.3) is 0 Å². The van der Waals surface area contributed by atoms with Crippen molar-refractivity contribution >= 4 is 5.91 Å². The van der Waals surface area contributed by atoms with Crippen molar-refractivity contribution in [3.05, 3.63) is 17.5 Å². The molecule has 0 saturated carbocycles. The first-order valence-corrected chi connectivity index (χ1v) is 6.41. The van der Waals surface area contributed by atoms with Crippen molar-refractivity contribution in [3.63, 3.8) is 0 Å². The maximum absolute atomic E-state index is 12.3. The van der Waals surface area contributed by atoms with Gasteiger partial charge in [0.2, 0.25) is 0 Å². The van der Waals surface area contributed by atoms with Gasteiger partial charge in [0.25, 0.3) is 5.91 Å². The number of carbonyl (C=O) groups excluding carboxylic acids is 1. The van der Waals surface area contributed by atoms with Gasteiger partial charge in [-0.25, -0.2) is 0 Å². The van der Waals surface area contributed by atoms with E-state index in [9.17, 15) is 9.90 Å². The lowest BCUT2D eigenvalue weighted by atomic mass is 9.98. The highest BCUT2D eigenvalue weighted by atomic mass is 16.3. The lowest BCUT2D eigenvalue weighted by Gasteiger charge is -2.21. The van der Waals surface area contributed by atoms with Gasteiger partial charge in [0.05, 0.1) is 5.60 Å². The van der Waals surface area contributed by atoms with E-state index < -0.39 is 5.60 Å². The molecule has 1 aromatic rings. The van der Waals surface area contributed by atoms with Crippen molar-refractivity contribution in [2.24, 2.45) is 7.05 Å². The Hall–Kier alpha value is -1.36. The summed E-state index contributed by atoms with van der Waals surface area (Å²) in [7, 11) is 1.83. The average molecular weight is 251 g/mol. The Morgan fingerprint density at radius 1 is 1.44 bits per heavy atom. The fraction of sp³-hybridized carbons (Fsp3) is 0.692. The van der Waals surface area contributed by atoms with Crippen molar-refractivity contribution in [2.45, 2.75) is 38.7 Å². The molecule has 1 unspecified atom stereocenters. The van der Waals surface area contributed by atoms with Gasteiger partial charge in [0.1, 0.15) is 0 Å². The van der Waals surface area contributed by atoms with Gasteiger partial charge in [-0.2, -0.15) is 5.10 Å². The summed E-state index contributed by atoms with van der Waals surface area (Å²) in [6.45, 7) is 5.06. The summed E-state index contributed by atoms with van der Waals surface area (Å²) in [5.74, 6) is -0.0311. The Morgan fingerprint density at radius 3 is 2.78 bits per heavy atom. The number of likely N-dealkylation sites (tertiary alicyclic amines) is 1. The smallest absolute Gasteiger partial charge is 0.274 e. The molecular formula is C13H21N3O2. The minimum atomic E-state index is -0.644. The molecule has 1 N–H and O–H groups in total. The quantitative estimate of drug-likeness (QED) is 0.813. The fourth-order valence-corrected chi connectivity index (χ4v) is 2.29. The van der Waals surface area contributed by atoms with Crippen LogP contribution in [0, 0.1) is 6.92 Å². The second kappa shape index (κ2) is 4.72. The molecule has 0 bridgehead atoms. The van der Waals surface area contributed by atoms with Crippen LogP contribution < -0.4 is 0 Å². The van der Waals surface area contributed by atoms with E-state index in [2.05, 4.69) is 5.10 Å². The maximum atomic E-state index is 12.3. The number of carbonyl (C=O) groups is 1. The van der Waals surface area contributed by atoms with Gasteiger partial charge in [-0.15, -0.1) is 0 Å². The standard InChI is InChI=1S/C13H21N3O2/c1-10-9-11(14-15(10)3)12(17)16-7-4-5-13(2,18)6-8-16/h9,18H,4-8H2,1-3H3. The molecule has 18 heavy (non-hydrogen) atoms. The molecule has 5 heteroatoms. The van der Waals surface area contributed by atoms with E-state index in [1.807, 2.05) is 27.0 Å². The fourth-order valence-electron chi connectivity index (χ4n) is 2.29. The van der Waals surface area contributed by atoms with Crippen LogP contribution in [-0.2, 0) is 7.05 Å². The van der Waals surface area contributed by atoms with Gasteiger partial charge >= 0.3 is 0 Å². The Kier molecular flexibility index (Phi) is 3.43. The second-order valence-corrected chi connectivity index (χ2v) is 5.44. The number of hydrogen-bond acceptors (Lipinski definition) is 3. The van der Waals surface area contributed by atoms with Crippen LogP contribution in [0.3, 0.4) is 0 Å². The summed E-state index contributed by atoms with van der Waals surface area (Å²) in [5.41, 5.74) is 0.825. The summed E-state index contributed by atoms with van der Waals surface area (Å²) in [6.07, 6.45) is 2.22. The van der Waals surface area contributed by atoms with E-state index in [0.717, 1.165) is 18.5 Å². The van der Waals surface area contributed by atoms with Crippen molar-refractivity contribution in [3.8, 4) is 0 Å². The third-order valence-corrected chi connectivity index (χ3v) is 3.68. The number of aromatic nitrogens is 2. The van der Waals surface area contributed by atoms with Gasteiger partial charge in [-0.05, 0) is 39.2 Å². The SMILES string of the molecule is Cc1cc(C(=O)N2CCCC(C)(O)CC2)nn1C. The molecule has 100 valence electrons. The number of nitrogens with zero attached hydrogens (tertiary/aromatic N) is 3. The molecule has 0 aliphatic carbocycles. The molecule has 1 aromatic heterocycles. The predicted octanol–water partition coefficient (Wildman–Crippen LogP) is 1.11. The first-order chi connectivity index (χ1) is 8.39. The Balaban J connectivity index is 2.09. The van der Waals surface area contributed by atoms with Gasteiger partial charge in [0.15, 0.2) is 5.69 Å². The maximum Gasteiger partial charge on any atom is 0.274 e. The van der Waals surface area contributed by atoms with Crippen molar-refractivity contribution in [1.82, 2.24) is 14.7 Å². The lowest BCUT2D eigenvalue weighted by molar-refractivity contribution is 0.0437. The summed E-state index contributed by atoms with van der Waals surface area (Å²) in [6, 6.07) is 1.81. The van der Waals surface area contributed by atoms with Crippen LogP contribution in [0.2, 0.25) is 0 Å². The predicted molar refractivity (Wildman–Crippen MR) is 68.3 cm³/mol. The zero-order chi connectivity index (χ0) is 13.3. The average Bonchev–Trinajstić information content (AvgIpc) is 2.52.